The number of aryl methyl sites for hydroxylation is 2. The van der Waals surface area contributed by atoms with E-state index in [4.69, 9.17) is 27.9 Å². The lowest BCUT2D eigenvalue weighted by Gasteiger charge is -2.25. The Hall–Kier alpha value is -3.33. The highest BCUT2D eigenvalue weighted by molar-refractivity contribution is 7.93. The number of hydrogen-bond donors (Lipinski definition) is 1. The highest BCUT2D eigenvalue weighted by Crippen LogP contribution is 2.29. The van der Waals surface area contributed by atoms with E-state index in [1.165, 1.54) is 17.6 Å². The number of nitrogens with one attached hydrogen (secondary N) is 1. The number of anilines is 1. The van der Waals surface area contributed by atoms with Crippen LogP contribution in [-0.4, -0.2) is 51.3 Å². The number of alkyl halides is 2. The zero-order chi connectivity index (χ0) is 27.8. The Labute approximate surface area is 238 Å². The van der Waals surface area contributed by atoms with Crippen LogP contribution in [0.5, 0.6) is 5.88 Å². The molecule has 1 N–H and O–H groups in total. The van der Waals surface area contributed by atoms with Gasteiger partial charge in [-0.3, -0.25) is 9.10 Å². The number of nitrogens with zero attached hydrogens (tertiary/aromatic N) is 2. The van der Waals surface area contributed by atoms with Crippen molar-refractivity contribution in [3.8, 4) is 5.88 Å². The van der Waals surface area contributed by atoms with Crippen LogP contribution in [0.25, 0.3) is 10.8 Å². The van der Waals surface area contributed by atoms with Gasteiger partial charge >= 0.3 is 0 Å². The van der Waals surface area contributed by atoms with Crippen molar-refractivity contribution in [2.45, 2.75) is 17.7 Å². The van der Waals surface area contributed by atoms with Crippen molar-refractivity contribution < 1.29 is 17.9 Å². The monoisotopic (exact) mass is 585 g/mol. The largest absolute Gasteiger partial charge is 0.481 e. The van der Waals surface area contributed by atoms with E-state index in [0.29, 0.717) is 47.1 Å². The molecule has 0 bridgehead atoms. The van der Waals surface area contributed by atoms with Crippen LogP contribution in [0.2, 0.25) is 0 Å². The highest BCUT2D eigenvalue weighted by atomic mass is 35.5. The molecule has 0 radical (unpaired) electrons. The Morgan fingerprint density at radius 2 is 1.69 bits per heavy atom. The van der Waals surface area contributed by atoms with E-state index in [-0.39, 0.29) is 23.9 Å². The first kappa shape index (κ1) is 28.7. The van der Waals surface area contributed by atoms with Gasteiger partial charge in [-0.2, -0.15) is 0 Å². The quantitative estimate of drug-likeness (QED) is 0.224. The van der Waals surface area contributed by atoms with E-state index >= 15 is 0 Å². The average Bonchev–Trinajstić information content (AvgIpc) is 2.96. The van der Waals surface area contributed by atoms with E-state index in [1.807, 2.05) is 30.3 Å². The molecule has 204 valence electrons. The summed E-state index contributed by atoms with van der Waals surface area (Å²) < 4.78 is 34.4. The van der Waals surface area contributed by atoms with Crippen LogP contribution in [0.3, 0.4) is 0 Å². The zero-order valence-corrected chi connectivity index (χ0v) is 23.8. The fourth-order valence-electron chi connectivity index (χ4n) is 4.39. The number of benzene rings is 3. The summed E-state index contributed by atoms with van der Waals surface area (Å²) in [6.07, 6.45) is 2.75. The first-order chi connectivity index (χ1) is 18.9. The molecular weight excluding hydrogens is 557 g/mol. The zero-order valence-electron chi connectivity index (χ0n) is 21.4. The molecule has 4 rings (SSSR count). The molecule has 4 aromatic rings. The second-order valence-corrected chi connectivity index (χ2v) is 11.3. The second-order valence-electron chi connectivity index (χ2n) is 8.73. The van der Waals surface area contributed by atoms with E-state index in [0.717, 1.165) is 16.5 Å². The van der Waals surface area contributed by atoms with Crippen LogP contribution in [-0.2, 0) is 22.9 Å². The van der Waals surface area contributed by atoms with Crippen molar-refractivity contribution in [3.63, 3.8) is 0 Å². The van der Waals surface area contributed by atoms with Crippen molar-refractivity contribution in [2.75, 3.05) is 36.3 Å². The lowest BCUT2D eigenvalue weighted by Crippen LogP contribution is -2.39. The topological polar surface area (TPSA) is 88.6 Å². The van der Waals surface area contributed by atoms with Crippen molar-refractivity contribution in [2.24, 2.45) is 0 Å². The van der Waals surface area contributed by atoms with Crippen molar-refractivity contribution in [3.05, 3.63) is 95.7 Å². The summed E-state index contributed by atoms with van der Waals surface area (Å²) in [6, 6.07) is 21.2. The average molecular weight is 587 g/mol. The first-order valence-corrected chi connectivity index (χ1v) is 14.9. The SMILES string of the molecule is COc1ccc(N(CCNC(=O)c2ccc(CCCl)c(CCCl)c2)S(=O)(=O)c2cccc3ccccc23)cn1. The number of fused-ring (bicyclic) bond motifs is 1. The number of halogens is 2. The molecule has 0 atom stereocenters. The van der Waals surface area contributed by atoms with Crippen molar-refractivity contribution in [1.82, 2.24) is 10.3 Å². The van der Waals surface area contributed by atoms with Crippen LogP contribution < -0.4 is 14.4 Å². The van der Waals surface area contributed by atoms with Gasteiger partial charge in [0.05, 0.1) is 30.4 Å². The summed E-state index contributed by atoms with van der Waals surface area (Å²) in [7, 11) is -2.53. The molecule has 1 amide bonds. The summed E-state index contributed by atoms with van der Waals surface area (Å²) in [6.45, 7) is 0.0628. The minimum absolute atomic E-state index is 0.00975. The molecule has 0 saturated carbocycles. The molecule has 0 aliphatic heterocycles. The number of rotatable bonds is 12. The van der Waals surface area contributed by atoms with E-state index < -0.39 is 10.0 Å². The molecule has 10 heteroatoms. The number of aromatic nitrogens is 1. The maximum atomic E-state index is 14.0. The number of amides is 1. The molecular formula is C29H29Cl2N3O4S. The van der Waals surface area contributed by atoms with Gasteiger partial charge in [0.15, 0.2) is 0 Å². The molecule has 0 unspecified atom stereocenters. The van der Waals surface area contributed by atoms with Crippen LogP contribution in [0.1, 0.15) is 21.5 Å². The van der Waals surface area contributed by atoms with E-state index in [9.17, 15) is 13.2 Å². The number of pyridine rings is 1. The Morgan fingerprint density at radius 3 is 2.41 bits per heavy atom. The van der Waals surface area contributed by atoms with Gasteiger partial charge in [-0.15, -0.1) is 23.2 Å². The Bertz CT molecular complexity index is 1540. The smallest absolute Gasteiger partial charge is 0.265 e. The van der Waals surface area contributed by atoms with Gasteiger partial charge in [0, 0.05) is 35.3 Å². The van der Waals surface area contributed by atoms with Crippen LogP contribution >= 0.6 is 23.2 Å². The van der Waals surface area contributed by atoms with Gasteiger partial charge in [0.2, 0.25) is 5.88 Å². The standard InChI is InChI=1S/C29H29Cl2N3O4S/c1-38-28-12-11-25(20-33-28)34(39(36,37)27-8-4-6-22-5-2-3-7-26(22)27)18-17-32-29(35)24-10-9-21(13-15-30)23(19-24)14-16-31/h2-12,19-20H,13-18H2,1H3,(H,32,35). The number of methoxy groups -OCH3 is 1. The third-order valence-corrected chi connectivity index (χ3v) is 8.60. The molecule has 0 spiro atoms. The van der Waals surface area contributed by atoms with E-state index in [1.54, 1.807) is 42.5 Å². The molecule has 3 aromatic carbocycles. The molecule has 1 aromatic heterocycles. The Balaban J connectivity index is 1.60. The lowest BCUT2D eigenvalue weighted by molar-refractivity contribution is 0.0954. The molecule has 0 aliphatic rings. The fourth-order valence-corrected chi connectivity index (χ4v) is 6.46. The highest BCUT2D eigenvalue weighted by Gasteiger charge is 2.27. The van der Waals surface area contributed by atoms with Gasteiger partial charge in [0.1, 0.15) is 0 Å². The molecule has 0 fully saturated rings. The number of hydrogen-bond acceptors (Lipinski definition) is 5. The minimum atomic E-state index is -4.01. The molecule has 39 heavy (non-hydrogen) atoms. The fraction of sp³-hybridized carbons (Fsp3) is 0.241. The number of ether oxygens (including phenoxy) is 1. The van der Waals surface area contributed by atoms with Gasteiger partial charge in [-0.1, -0.05) is 42.5 Å². The normalized spacial score (nSPS) is 11.4. The van der Waals surface area contributed by atoms with Crippen LogP contribution in [0, 0.1) is 0 Å². The van der Waals surface area contributed by atoms with Gasteiger partial charge in [-0.25, -0.2) is 13.4 Å². The van der Waals surface area contributed by atoms with Gasteiger partial charge in [-0.05, 0) is 53.6 Å². The van der Waals surface area contributed by atoms with Crippen LogP contribution in [0.15, 0.2) is 83.9 Å². The maximum absolute atomic E-state index is 14.0. The minimum Gasteiger partial charge on any atom is -0.481 e. The number of sulfonamides is 1. The predicted molar refractivity (Wildman–Crippen MR) is 157 cm³/mol. The first-order valence-electron chi connectivity index (χ1n) is 12.4. The molecule has 1 heterocycles. The summed E-state index contributed by atoms with van der Waals surface area (Å²) in [5.41, 5.74) is 2.86. The number of carbonyl (C=O) groups is 1. The lowest BCUT2D eigenvalue weighted by atomic mass is 9.99. The maximum Gasteiger partial charge on any atom is 0.265 e. The Kier molecular flexibility index (Phi) is 9.67. The molecule has 0 aliphatic carbocycles. The third kappa shape index (κ3) is 6.64. The summed E-state index contributed by atoms with van der Waals surface area (Å²) in [4.78, 5) is 17.4. The van der Waals surface area contributed by atoms with Crippen molar-refractivity contribution >= 4 is 55.6 Å². The predicted octanol–water partition coefficient (Wildman–Crippen LogP) is 5.43. The van der Waals surface area contributed by atoms with Crippen molar-refractivity contribution in [1.29, 1.82) is 0 Å². The van der Waals surface area contributed by atoms with Gasteiger partial charge in [0.25, 0.3) is 15.9 Å². The summed E-state index contributed by atoms with van der Waals surface area (Å²) in [5, 5.41) is 4.27. The van der Waals surface area contributed by atoms with Crippen LogP contribution in [0.4, 0.5) is 5.69 Å². The second kappa shape index (κ2) is 13.2. The number of carbonyl (C=O) groups excluding carboxylic acids is 1. The summed E-state index contributed by atoms with van der Waals surface area (Å²) in [5.74, 6) is 0.956. The van der Waals surface area contributed by atoms with E-state index in [2.05, 4.69) is 10.3 Å². The molecule has 7 nitrogen and oxygen atoms in total. The molecule has 0 saturated heterocycles. The Morgan fingerprint density at radius 1 is 0.949 bits per heavy atom. The summed E-state index contributed by atoms with van der Waals surface area (Å²) >= 11 is 11.9. The van der Waals surface area contributed by atoms with Gasteiger partial charge < -0.3 is 10.1 Å². The third-order valence-electron chi connectivity index (χ3n) is 6.33.